The molecule has 3 atom stereocenters. The Bertz CT molecular complexity index is 1040. The van der Waals surface area contributed by atoms with Crippen LogP contribution in [-0.4, -0.2) is 24.2 Å². The predicted molar refractivity (Wildman–Crippen MR) is 155 cm³/mol. The number of unbranched alkanes of at least 4 members (excludes halogenated alkanes) is 3. The van der Waals surface area contributed by atoms with E-state index in [1.807, 2.05) is 11.3 Å². The zero-order chi connectivity index (χ0) is 24.5. The van der Waals surface area contributed by atoms with Crippen LogP contribution in [0.4, 0.5) is 0 Å². The normalized spacial score (nSPS) is 25.8. The van der Waals surface area contributed by atoms with Gasteiger partial charge in [-0.15, -0.1) is 0 Å². The number of benzene rings is 1. The number of ether oxygens (including phenoxy) is 1. The van der Waals surface area contributed by atoms with Crippen molar-refractivity contribution in [3.8, 4) is 0 Å². The molecule has 1 aromatic heterocycles. The lowest BCUT2D eigenvalue weighted by Crippen LogP contribution is -2.41. The van der Waals surface area contributed by atoms with E-state index in [4.69, 9.17) is 4.74 Å². The molecule has 3 unspecified atom stereocenters. The number of hydrogen-bond donors (Lipinski definition) is 0. The summed E-state index contributed by atoms with van der Waals surface area (Å²) in [5, 5.41) is 4.78. The second-order valence-electron chi connectivity index (χ2n) is 11.4. The zero-order valence-corrected chi connectivity index (χ0v) is 23.8. The number of rotatable bonds is 11. The van der Waals surface area contributed by atoms with Crippen LogP contribution < -0.4 is 0 Å². The summed E-state index contributed by atoms with van der Waals surface area (Å²) in [5.74, 6) is 1.31. The van der Waals surface area contributed by atoms with Gasteiger partial charge in [0.2, 0.25) is 0 Å². The van der Waals surface area contributed by atoms with Gasteiger partial charge in [0.25, 0.3) is 0 Å². The summed E-state index contributed by atoms with van der Waals surface area (Å²) < 4.78 is 6.20. The third kappa shape index (κ3) is 4.49. The van der Waals surface area contributed by atoms with Crippen LogP contribution in [0.3, 0.4) is 0 Å². The highest BCUT2D eigenvalue weighted by Crippen LogP contribution is 2.78. The second kappa shape index (κ2) is 9.99. The average Bonchev–Trinajstić information content (AvgIpc) is 3.49. The maximum Gasteiger partial charge on any atom is 0.0598 e. The van der Waals surface area contributed by atoms with Crippen LogP contribution >= 0.6 is 21.4 Å². The van der Waals surface area contributed by atoms with Crippen molar-refractivity contribution in [2.45, 2.75) is 88.2 Å². The molecule has 0 amide bonds. The van der Waals surface area contributed by atoms with Crippen molar-refractivity contribution in [1.82, 2.24) is 0 Å². The van der Waals surface area contributed by atoms with E-state index in [0.717, 1.165) is 13.0 Å². The van der Waals surface area contributed by atoms with Gasteiger partial charge in [0.05, 0.1) is 5.60 Å². The SMILES string of the molecule is CCCC1(S(C)(CCCCCCOC(C)(C)C)C2(C)C=Cc3cscc32)C=Cc2ccccc21. The van der Waals surface area contributed by atoms with Gasteiger partial charge in [-0.3, -0.25) is 0 Å². The largest absolute Gasteiger partial charge is 0.376 e. The van der Waals surface area contributed by atoms with Gasteiger partial charge in [-0.25, -0.2) is 10.0 Å². The molecule has 0 spiro atoms. The van der Waals surface area contributed by atoms with E-state index in [1.54, 1.807) is 11.1 Å². The standard InChI is InChI=1S/C31H44OS2/c1-7-18-31(20-17-25-14-10-11-15-27(25)31)34(6,22-13-9-8-12-21-32-29(2,3)4)30(5)19-16-26-23-33-24-28(26)30/h10-11,14-17,19-20,23-24H,7-9,12-13,18,21-22H2,1-6H3. The minimum Gasteiger partial charge on any atom is -0.376 e. The van der Waals surface area contributed by atoms with Crippen LogP contribution in [0, 0.1) is 0 Å². The molecule has 0 aliphatic heterocycles. The number of fused-ring (bicyclic) bond motifs is 2. The smallest absolute Gasteiger partial charge is 0.0598 e. The van der Waals surface area contributed by atoms with Gasteiger partial charge in [-0.2, -0.15) is 11.3 Å². The Balaban J connectivity index is 1.62. The van der Waals surface area contributed by atoms with Crippen LogP contribution in [0.1, 0.15) is 95.4 Å². The monoisotopic (exact) mass is 496 g/mol. The molecule has 1 nitrogen and oxygen atoms in total. The molecule has 0 fully saturated rings. The average molecular weight is 497 g/mol. The molecule has 0 bridgehead atoms. The van der Waals surface area contributed by atoms with Crippen LogP contribution in [-0.2, 0) is 14.2 Å². The molecule has 0 saturated heterocycles. The highest BCUT2D eigenvalue weighted by Gasteiger charge is 2.55. The molecule has 0 N–H and O–H groups in total. The third-order valence-corrected chi connectivity index (χ3v) is 14.4. The lowest BCUT2D eigenvalue weighted by Gasteiger charge is -2.60. The summed E-state index contributed by atoms with van der Waals surface area (Å²) in [5.41, 5.74) is 6.00. The summed E-state index contributed by atoms with van der Waals surface area (Å²) in [7, 11) is -1.13. The third-order valence-electron chi connectivity index (χ3n) is 8.10. The Morgan fingerprint density at radius 2 is 1.65 bits per heavy atom. The molecule has 3 heteroatoms. The summed E-state index contributed by atoms with van der Waals surface area (Å²) in [4.78, 5) is 0. The molecule has 1 aromatic carbocycles. The topological polar surface area (TPSA) is 9.23 Å². The van der Waals surface area contributed by atoms with Crippen LogP contribution in [0.25, 0.3) is 12.2 Å². The molecule has 2 aromatic rings. The highest BCUT2D eigenvalue weighted by atomic mass is 32.3. The van der Waals surface area contributed by atoms with Gasteiger partial charge in [-0.05, 0) is 92.0 Å². The van der Waals surface area contributed by atoms with Crippen LogP contribution in [0.2, 0.25) is 0 Å². The van der Waals surface area contributed by atoms with E-state index in [-0.39, 0.29) is 15.1 Å². The molecule has 34 heavy (non-hydrogen) atoms. The maximum absolute atomic E-state index is 5.96. The quantitative estimate of drug-likeness (QED) is 0.281. The minimum absolute atomic E-state index is 0.0287. The van der Waals surface area contributed by atoms with Gasteiger partial charge in [0, 0.05) is 16.1 Å². The Hall–Kier alpha value is -1.29. The first kappa shape index (κ1) is 25.8. The Labute approximate surface area is 214 Å². The van der Waals surface area contributed by atoms with E-state index < -0.39 is 10.0 Å². The maximum atomic E-state index is 5.96. The first-order valence-electron chi connectivity index (χ1n) is 13.1. The van der Waals surface area contributed by atoms with E-state index in [0.29, 0.717) is 0 Å². The van der Waals surface area contributed by atoms with Gasteiger partial charge in [-0.1, -0.05) is 74.8 Å². The molecular formula is C31H44OS2. The van der Waals surface area contributed by atoms with Crippen molar-refractivity contribution < 1.29 is 4.74 Å². The summed E-state index contributed by atoms with van der Waals surface area (Å²) >= 11 is 1.87. The molecule has 4 rings (SSSR count). The molecule has 186 valence electrons. The summed E-state index contributed by atoms with van der Waals surface area (Å²) in [6.07, 6.45) is 20.2. The van der Waals surface area contributed by atoms with Gasteiger partial charge in [0.1, 0.15) is 0 Å². The van der Waals surface area contributed by atoms with Crippen molar-refractivity contribution in [2.24, 2.45) is 0 Å². The van der Waals surface area contributed by atoms with E-state index in [2.05, 4.69) is 100 Å². The highest BCUT2D eigenvalue weighted by molar-refractivity contribution is 8.34. The van der Waals surface area contributed by atoms with Gasteiger partial charge >= 0.3 is 0 Å². The molecule has 0 radical (unpaired) electrons. The van der Waals surface area contributed by atoms with Crippen molar-refractivity contribution in [3.63, 3.8) is 0 Å². The molecule has 2 aliphatic carbocycles. The van der Waals surface area contributed by atoms with Crippen molar-refractivity contribution in [2.75, 3.05) is 18.6 Å². The first-order valence-corrected chi connectivity index (χ1v) is 16.3. The Kier molecular flexibility index (Phi) is 7.58. The number of hydrogen-bond acceptors (Lipinski definition) is 2. The zero-order valence-electron chi connectivity index (χ0n) is 22.2. The van der Waals surface area contributed by atoms with Gasteiger partial charge in [0.15, 0.2) is 0 Å². The lowest BCUT2D eigenvalue weighted by atomic mass is 9.95. The van der Waals surface area contributed by atoms with E-state index >= 15 is 0 Å². The van der Waals surface area contributed by atoms with E-state index in [9.17, 15) is 0 Å². The Morgan fingerprint density at radius 3 is 2.41 bits per heavy atom. The molecular weight excluding hydrogens is 452 g/mol. The fourth-order valence-corrected chi connectivity index (χ4v) is 12.2. The Morgan fingerprint density at radius 1 is 0.912 bits per heavy atom. The van der Waals surface area contributed by atoms with Crippen LogP contribution in [0.5, 0.6) is 0 Å². The second-order valence-corrected chi connectivity index (χ2v) is 16.3. The summed E-state index contributed by atoms with van der Waals surface area (Å²) in [6, 6.07) is 9.21. The van der Waals surface area contributed by atoms with Crippen molar-refractivity contribution in [1.29, 1.82) is 0 Å². The van der Waals surface area contributed by atoms with Crippen molar-refractivity contribution >= 4 is 33.5 Å². The lowest BCUT2D eigenvalue weighted by molar-refractivity contribution is -0.00470. The molecule has 2 aliphatic rings. The minimum atomic E-state index is -1.13. The van der Waals surface area contributed by atoms with Crippen LogP contribution in [0.15, 0.2) is 47.2 Å². The van der Waals surface area contributed by atoms with Gasteiger partial charge < -0.3 is 4.74 Å². The fourth-order valence-electron chi connectivity index (χ4n) is 6.12. The molecule has 0 saturated carbocycles. The predicted octanol–water partition coefficient (Wildman–Crippen LogP) is 9.52. The summed E-state index contributed by atoms with van der Waals surface area (Å²) in [6.45, 7) is 12.3. The fraction of sp³-hybridized carbons (Fsp3) is 0.548. The molecule has 1 heterocycles. The van der Waals surface area contributed by atoms with Crippen molar-refractivity contribution in [3.05, 3.63) is 69.4 Å². The number of thiophene rings is 1. The van der Waals surface area contributed by atoms with E-state index in [1.165, 1.54) is 49.0 Å². The first-order chi connectivity index (χ1) is 16.2.